The summed E-state index contributed by atoms with van der Waals surface area (Å²) in [6.07, 6.45) is 4.26. The Labute approximate surface area is 117 Å². The zero-order valence-corrected chi connectivity index (χ0v) is 11.5. The number of anilines is 1. The van der Waals surface area contributed by atoms with Gasteiger partial charge in [0.25, 0.3) is 0 Å². The molecule has 0 aliphatic carbocycles. The fraction of sp³-hybridized carbons (Fsp3) is 0.214. The normalized spacial score (nSPS) is 10.3. The number of hydrogen-bond acceptors (Lipinski definition) is 4. The minimum atomic E-state index is 0.616. The molecule has 2 N–H and O–H groups in total. The highest BCUT2D eigenvalue weighted by Gasteiger charge is 2.05. The standard InChI is InChI=1S/C14H16ClN3O/c1-19-14-10-11(2-3-13(14)15)6-9-18(16)12-4-7-17-8-5-12/h2-5,7-8,10H,6,9,16H2,1H3. The summed E-state index contributed by atoms with van der Waals surface area (Å²) in [6, 6.07) is 9.50. The van der Waals surface area contributed by atoms with Crippen molar-refractivity contribution in [1.82, 2.24) is 4.98 Å². The fourth-order valence-corrected chi connectivity index (χ4v) is 1.97. The second-order valence-electron chi connectivity index (χ2n) is 4.12. The number of rotatable bonds is 5. The summed E-state index contributed by atoms with van der Waals surface area (Å²) in [5.74, 6) is 6.68. The molecular weight excluding hydrogens is 262 g/mol. The SMILES string of the molecule is COc1cc(CCN(N)c2ccncc2)ccc1Cl. The predicted molar refractivity (Wildman–Crippen MR) is 77.5 cm³/mol. The van der Waals surface area contributed by atoms with E-state index in [-0.39, 0.29) is 0 Å². The van der Waals surface area contributed by atoms with Crippen molar-refractivity contribution in [3.05, 3.63) is 53.3 Å². The van der Waals surface area contributed by atoms with E-state index in [1.54, 1.807) is 24.5 Å². The lowest BCUT2D eigenvalue weighted by molar-refractivity contribution is 0.414. The Kier molecular flexibility index (Phi) is 4.60. The van der Waals surface area contributed by atoms with Crippen LogP contribution in [0.2, 0.25) is 5.02 Å². The minimum Gasteiger partial charge on any atom is -0.495 e. The Balaban J connectivity index is 1.99. The van der Waals surface area contributed by atoms with Crippen molar-refractivity contribution in [2.24, 2.45) is 5.84 Å². The third-order valence-electron chi connectivity index (χ3n) is 2.85. The molecule has 19 heavy (non-hydrogen) atoms. The van der Waals surface area contributed by atoms with Gasteiger partial charge in [-0.3, -0.25) is 4.98 Å². The Morgan fingerprint density at radius 2 is 2.00 bits per heavy atom. The Bertz CT molecular complexity index is 533. The van der Waals surface area contributed by atoms with E-state index in [0.29, 0.717) is 17.3 Å². The highest BCUT2D eigenvalue weighted by molar-refractivity contribution is 6.32. The van der Waals surface area contributed by atoms with Gasteiger partial charge in [0.05, 0.1) is 17.8 Å². The number of methoxy groups -OCH3 is 1. The molecule has 1 heterocycles. The zero-order valence-electron chi connectivity index (χ0n) is 10.7. The molecule has 0 saturated carbocycles. The molecule has 0 fully saturated rings. The molecule has 0 radical (unpaired) electrons. The molecule has 0 bridgehead atoms. The number of halogens is 1. The van der Waals surface area contributed by atoms with Gasteiger partial charge in [-0.05, 0) is 36.2 Å². The summed E-state index contributed by atoms with van der Waals surface area (Å²) in [6.45, 7) is 0.703. The number of benzene rings is 1. The van der Waals surface area contributed by atoms with E-state index in [0.717, 1.165) is 17.7 Å². The fourth-order valence-electron chi connectivity index (χ4n) is 1.77. The minimum absolute atomic E-state index is 0.616. The number of pyridine rings is 1. The molecule has 1 aromatic heterocycles. The van der Waals surface area contributed by atoms with Gasteiger partial charge in [0.15, 0.2) is 0 Å². The van der Waals surface area contributed by atoms with Crippen LogP contribution in [-0.4, -0.2) is 18.6 Å². The highest BCUT2D eigenvalue weighted by Crippen LogP contribution is 2.25. The number of nitrogens with two attached hydrogens (primary N) is 1. The second-order valence-corrected chi connectivity index (χ2v) is 4.52. The summed E-state index contributed by atoms with van der Waals surface area (Å²) >= 11 is 5.99. The van der Waals surface area contributed by atoms with E-state index in [4.69, 9.17) is 22.2 Å². The maximum Gasteiger partial charge on any atom is 0.137 e. The molecule has 0 atom stereocenters. The Morgan fingerprint density at radius 3 is 2.68 bits per heavy atom. The summed E-state index contributed by atoms with van der Waals surface area (Å²) in [5, 5.41) is 2.31. The van der Waals surface area contributed by atoms with E-state index < -0.39 is 0 Å². The molecule has 0 aliphatic heterocycles. The molecular formula is C14H16ClN3O. The quantitative estimate of drug-likeness (QED) is 0.674. The topological polar surface area (TPSA) is 51.4 Å². The largest absolute Gasteiger partial charge is 0.495 e. The van der Waals surface area contributed by atoms with Crippen LogP contribution in [0.3, 0.4) is 0 Å². The maximum absolute atomic E-state index is 5.99. The summed E-state index contributed by atoms with van der Waals surface area (Å²) < 4.78 is 5.19. The maximum atomic E-state index is 5.99. The van der Waals surface area contributed by atoms with Gasteiger partial charge in [-0.25, -0.2) is 5.84 Å². The van der Waals surface area contributed by atoms with Crippen molar-refractivity contribution in [2.45, 2.75) is 6.42 Å². The first-order valence-corrected chi connectivity index (χ1v) is 6.33. The molecule has 0 saturated heterocycles. The summed E-state index contributed by atoms with van der Waals surface area (Å²) in [7, 11) is 1.61. The number of hydrazine groups is 1. The third kappa shape index (κ3) is 3.59. The van der Waals surface area contributed by atoms with Gasteiger partial charge in [-0.15, -0.1) is 0 Å². The van der Waals surface area contributed by atoms with Gasteiger partial charge in [0.1, 0.15) is 5.75 Å². The first-order chi connectivity index (χ1) is 9.20. The lowest BCUT2D eigenvalue weighted by Crippen LogP contribution is -2.32. The lowest BCUT2D eigenvalue weighted by atomic mass is 10.1. The Hall–Kier alpha value is -1.78. The average molecular weight is 278 g/mol. The second kappa shape index (κ2) is 6.41. The van der Waals surface area contributed by atoms with Gasteiger partial charge in [-0.1, -0.05) is 17.7 Å². The first kappa shape index (κ1) is 13.6. The monoisotopic (exact) mass is 277 g/mol. The molecule has 0 spiro atoms. The smallest absolute Gasteiger partial charge is 0.137 e. The van der Waals surface area contributed by atoms with Crippen LogP contribution < -0.4 is 15.6 Å². The van der Waals surface area contributed by atoms with Crippen LogP contribution in [0.4, 0.5) is 5.69 Å². The third-order valence-corrected chi connectivity index (χ3v) is 3.16. The molecule has 5 heteroatoms. The van der Waals surface area contributed by atoms with Gasteiger partial charge >= 0.3 is 0 Å². The molecule has 2 rings (SSSR count). The zero-order chi connectivity index (χ0) is 13.7. The molecule has 4 nitrogen and oxygen atoms in total. The van der Waals surface area contributed by atoms with Crippen LogP contribution in [0.25, 0.3) is 0 Å². The van der Waals surface area contributed by atoms with Crippen molar-refractivity contribution >= 4 is 17.3 Å². The molecule has 1 aromatic carbocycles. The first-order valence-electron chi connectivity index (χ1n) is 5.95. The van der Waals surface area contributed by atoms with Crippen LogP contribution in [-0.2, 0) is 6.42 Å². The van der Waals surface area contributed by atoms with Crippen molar-refractivity contribution in [3.8, 4) is 5.75 Å². The van der Waals surface area contributed by atoms with E-state index in [9.17, 15) is 0 Å². The van der Waals surface area contributed by atoms with Crippen LogP contribution in [0, 0.1) is 0 Å². The van der Waals surface area contributed by atoms with Gasteiger partial charge in [0.2, 0.25) is 0 Å². The van der Waals surface area contributed by atoms with E-state index >= 15 is 0 Å². The molecule has 2 aromatic rings. The Morgan fingerprint density at radius 1 is 1.26 bits per heavy atom. The van der Waals surface area contributed by atoms with E-state index in [2.05, 4.69) is 4.98 Å². The van der Waals surface area contributed by atoms with Crippen molar-refractivity contribution in [3.63, 3.8) is 0 Å². The molecule has 0 aliphatic rings. The van der Waals surface area contributed by atoms with Crippen LogP contribution in [0.1, 0.15) is 5.56 Å². The predicted octanol–water partition coefficient (Wildman–Crippen LogP) is 2.67. The number of hydrogen-bond donors (Lipinski definition) is 1. The molecule has 0 amide bonds. The lowest BCUT2D eigenvalue weighted by Gasteiger charge is -2.18. The van der Waals surface area contributed by atoms with Crippen molar-refractivity contribution < 1.29 is 4.74 Å². The van der Waals surface area contributed by atoms with Crippen LogP contribution >= 0.6 is 11.6 Å². The molecule has 100 valence electrons. The highest BCUT2D eigenvalue weighted by atomic mass is 35.5. The van der Waals surface area contributed by atoms with Gasteiger partial charge in [0, 0.05) is 18.9 Å². The summed E-state index contributed by atoms with van der Waals surface area (Å²) in [4.78, 5) is 3.97. The average Bonchev–Trinajstić information content (AvgIpc) is 2.47. The van der Waals surface area contributed by atoms with Crippen LogP contribution in [0.15, 0.2) is 42.7 Å². The van der Waals surface area contributed by atoms with Gasteiger partial charge in [-0.2, -0.15) is 0 Å². The molecule has 0 unspecified atom stereocenters. The van der Waals surface area contributed by atoms with Crippen LogP contribution in [0.5, 0.6) is 5.75 Å². The number of ether oxygens (including phenoxy) is 1. The summed E-state index contributed by atoms with van der Waals surface area (Å²) in [5.41, 5.74) is 2.07. The number of nitrogens with zero attached hydrogens (tertiary/aromatic N) is 2. The number of aromatic nitrogens is 1. The van der Waals surface area contributed by atoms with E-state index in [1.165, 1.54) is 0 Å². The van der Waals surface area contributed by atoms with Crippen molar-refractivity contribution in [1.29, 1.82) is 0 Å². The van der Waals surface area contributed by atoms with Gasteiger partial charge < -0.3 is 9.75 Å². The van der Waals surface area contributed by atoms with Crippen molar-refractivity contribution in [2.75, 3.05) is 18.7 Å². The van der Waals surface area contributed by atoms with E-state index in [1.807, 2.05) is 30.3 Å².